The Morgan fingerprint density at radius 3 is 2.67 bits per heavy atom. The van der Waals surface area contributed by atoms with Crippen molar-refractivity contribution in [3.63, 3.8) is 0 Å². The molecule has 0 aliphatic rings. The standard InChI is InChI=1S/C12H16N6/c1-8-5-16-12(18-13)17-11(8)15-7-10-4-3-9(2)14-6-10/h3-6H,7,13H2,1-2H3,(H2,15,16,17,18). The number of rotatable bonds is 4. The van der Waals surface area contributed by atoms with Crippen molar-refractivity contribution in [2.45, 2.75) is 20.4 Å². The predicted molar refractivity (Wildman–Crippen MR) is 70.9 cm³/mol. The molecule has 0 unspecified atom stereocenters. The number of pyridine rings is 1. The highest BCUT2D eigenvalue weighted by molar-refractivity contribution is 5.46. The van der Waals surface area contributed by atoms with E-state index in [0.29, 0.717) is 12.5 Å². The number of nitrogens with two attached hydrogens (primary N) is 1. The van der Waals surface area contributed by atoms with E-state index in [4.69, 9.17) is 5.84 Å². The van der Waals surface area contributed by atoms with Crippen LogP contribution in [-0.2, 0) is 6.54 Å². The molecule has 2 aromatic heterocycles. The summed E-state index contributed by atoms with van der Waals surface area (Å²) < 4.78 is 0. The van der Waals surface area contributed by atoms with Crippen LogP contribution in [0.4, 0.5) is 11.8 Å². The van der Waals surface area contributed by atoms with Crippen molar-refractivity contribution in [1.29, 1.82) is 0 Å². The number of anilines is 2. The quantitative estimate of drug-likeness (QED) is 0.556. The number of hydrazine groups is 1. The van der Waals surface area contributed by atoms with Crippen LogP contribution in [0, 0.1) is 13.8 Å². The molecular formula is C12H16N6. The maximum atomic E-state index is 5.28. The molecule has 2 rings (SSSR count). The molecule has 0 atom stereocenters. The number of nitrogen functional groups attached to an aromatic ring is 1. The van der Waals surface area contributed by atoms with Gasteiger partial charge >= 0.3 is 0 Å². The van der Waals surface area contributed by atoms with Crippen LogP contribution in [0.5, 0.6) is 0 Å². The summed E-state index contributed by atoms with van der Waals surface area (Å²) in [5.41, 5.74) is 5.50. The fourth-order valence-corrected chi connectivity index (χ4v) is 1.48. The van der Waals surface area contributed by atoms with Gasteiger partial charge in [-0.3, -0.25) is 10.4 Å². The number of nitrogens with zero attached hydrogens (tertiary/aromatic N) is 3. The van der Waals surface area contributed by atoms with Gasteiger partial charge in [-0.1, -0.05) is 6.07 Å². The molecule has 0 aromatic carbocycles. The lowest BCUT2D eigenvalue weighted by Gasteiger charge is -2.09. The van der Waals surface area contributed by atoms with Crippen LogP contribution in [0.25, 0.3) is 0 Å². The molecule has 2 heterocycles. The smallest absolute Gasteiger partial charge is 0.239 e. The lowest BCUT2D eigenvalue weighted by Crippen LogP contribution is -2.12. The Bertz CT molecular complexity index is 523. The van der Waals surface area contributed by atoms with E-state index in [9.17, 15) is 0 Å². The highest BCUT2D eigenvalue weighted by atomic mass is 15.3. The fourth-order valence-electron chi connectivity index (χ4n) is 1.48. The highest BCUT2D eigenvalue weighted by Gasteiger charge is 2.02. The first-order valence-corrected chi connectivity index (χ1v) is 5.64. The maximum Gasteiger partial charge on any atom is 0.239 e. The van der Waals surface area contributed by atoms with Gasteiger partial charge in [0, 0.05) is 30.2 Å². The van der Waals surface area contributed by atoms with Gasteiger partial charge in [-0.05, 0) is 25.5 Å². The van der Waals surface area contributed by atoms with Gasteiger partial charge in [0.2, 0.25) is 5.95 Å². The Morgan fingerprint density at radius 2 is 2.00 bits per heavy atom. The first-order valence-electron chi connectivity index (χ1n) is 5.64. The second-order valence-corrected chi connectivity index (χ2v) is 4.03. The second-order valence-electron chi connectivity index (χ2n) is 4.03. The molecule has 94 valence electrons. The third-order valence-electron chi connectivity index (χ3n) is 2.53. The van der Waals surface area contributed by atoms with Gasteiger partial charge in [0.25, 0.3) is 0 Å². The molecule has 0 saturated carbocycles. The van der Waals surface area contributed by atoms with Gasteiger partial charge in [-0.15, -0.1) is 0 Å². The fraction of sp³-hybridized carbons (Fsp3) is 0.250. The Balaban J connectivity index is 2.07. The summed E-state index contributed by atoms with van der Waals surface area (Å²) in [6, 6.07) is 4.02. The monoisotopic (exact) mass is 244 g/mol. The molecule has 0 aliphatic carbocycles. The predicted octanol–water partition coefficient (Wildman–Crippen LogP) is 1.39. The van der Waals surface area contributed by atoms with E-state index in [1.165, 1.54) is 0 Å². The van der Waals surface area contributed by atoms with E-state index < -0.39 is 0 Å². The molecular weight excluding hydrogens is 228 g/mol. The normalized spacial score (nSPS) is 10.2. The van der Waals surface area contributed by atoms with Crippen molar-refractivity contribution < 1.29 is 0 Å². The van der Waals surface area contributed by atoms with Crippen molar-refractivity contribution in [3.05, 3.63) is 41.3 Å². The number of hydrogen-bond acceptors (Lipinski definition) is 6. The first kappa shape index (κ1) is 12.3. The Hall–Kier alpha value is -2.21. The maximum absolute atomic E-state index is 5.28. The minimum Gasteiger partial charge on any atom is -0.366 e. The molecule has 2 aromatic rings. The van der Waals surface area contributed by atoms with Crippen LogP contribution >= 0.6 is 0 Å². The molecule has 0 amide bonds. The van der Waals surface area contributed by atoms with Gasteiger partial charge < -0.3 is 5.32 Å². The third kappa shape index (κ3) is 2.92. The Morgan fingerprint density at radius 1 is 1.17 bits per heavy atom. The molecule has 6 nitrogen and oxygen atoms in total. The average molecular weight is 244 g/mol. The minimum atomic E-state index is 0.394. The molecule has 0 radical (unpaired) electrons. The minimum absolute atomic E-state index is 0.394. The van der Waals surface area contributed by atoms with E-state index in [2.05, 4.69) is 25.7 Å². The molecule has 0 bridgehead atoms. The molecule has 18 heavy (non-hydrogen) atoms. The summed E-state index contributed by atoms with van der Waals surface area (Å²) >= 11 is 0. The summed E-state index contributed by atoms with van der Waals surface area (Å²) in [4.78, 5) is 12.5. The Labute approximate surface area is 106 Å². The SMILES string of the molecule is Cc1ccc(CNc2nc(NN)ncc2C)cn1. The van der Waals surface area contributed by atoms with Gasteiger partial charge in [-0.2, -0.15) is 4.98 Å². The van der Waals surface area contributed by atoms with Crippen molar-refractivity contribution in [2.24, 2.45) is 5.84 Å². The zero-order valence-corrected chi connectivity index (χ0v) is 10.4. The summed E-state index contributed by atoms with van der Waals surface area (Å²) in [5, 5.41) is 3.24. The molecule has 0 fully saturated rings. The van der Waals surface area contributed by atoms with E-state index in [1.54, 1.807) is 6.20 Å². The lowest BCUT2D eigenvalue weighted by molar-refractivity contribution is 1.03. The van der Waals surface area contributed by atoms with Crippen LogP contribution in [0.3, 0.4) is 0 Å². The topological polar surface area (TPSA) is 88.8 Å². The lowest BCUT2D eigenvalue weighted by atomic mass is 10.2. The number of nitrogens with one attached hydrogen (secondary N) is 2. The van der Waals surface area contributed by atoms with Gasteiger partial charge in [0.05, 0.1) is 0 Å². The molecule has 0 spiro atoms. The number of hydrogen-bond donors (Lipinski definition) is 3. The van der Waals surface area contributed by atoms with Gasteiger partial charge in [0.15, 0.2) is 0 Å². The molecule has 4 N–H and O–H groups in total. The second kappa shape index (κ2) is 5.42. The summed E-state index contributed by atoms with van der Waals surface area (Å²) in [5.74, 6) is 6.44. The molecule has 0 aliphatic heterocycles. The van der Waals surface area contributed by atoms with Crippen molar-refractivity contribution >= 4 is 11.8 Å². The molecule has 6 heteroatoms. The van der Waals surface area contributed by atoms with Gasteiger partial charge in [0.1, 0.15) is 5.82 Å². The van der Waals surface area contributed by atoms with Crippen molar-refractivity contribution in [1.82, 2.24) is 15.0 Å². The number of aromatic nitrogens is 3. The van der Waals surface area contributed by atoms with Crippen LogP contribution < -0.4 is 16.6 Å². The van der Waals surface area contributed by atoms with E-state index in [0.717, 1.165) is 22.6 Å². The van der Waals surface area contributed by atoms with Crippen LogP contribution in [-0.4, -0.2) is 15.0 Å². The highest BCUT2D eigenvalue weighted by Crippen LogP contribution is 2.13. The summed E-state index contributed by atoms with van der Waals surface area (Å²) in [7, 11) is 0. The van der Waals surface area contributed by atoms with E-state index in [1.807, 2.05) is 32.2 Å². The first-order chi connectivity index (χ1) is 8.69. The zero-order chi connectivity index (χ0) is 13.0. The van der Waals surface area contributed by atoms with E-state index in [-0.39, 0.29) is 0 Å². The van der Waals surface area contributed by atoms with E-state index >= 15 is 0 Å². The average Bonchev–Trinajstić information content (AvgIpc) is 2.40. The third-order valence-corrected chi connectivity index (χ3v) is 2.53. The van der Waals surface area contributed by atoms with Crippen LogP contribution in [0.1, 0.15) is 16.8 Å². The zero-order valence-electron chi connectivity index (χ0n) is 10.4. The molecule has 0 saturated heterocycles. The van der Waals surface area contributed by atoms with Gasteiger partial charge in [-0.25, -0.2) is 10.8 Å². The Kier molecular flexibility index (Phi) is 3.69. The van der Waals surface area contributed by atoms with Crippen molar-refractivity contribution in [3.8, 4) is 0 Å². The largest absolute Gasteiger partial charge is 0.366 e. The summed E-state index contributed by atoms with van der Waals surface area (Å²) in [6.45, 7) is 4.57. The number of aryl methyl sites for hydroxylation is 2. The van der Waals surface area contributed by atoms with Crippen LogP contribution in [0.15, 0.2) is 24.5 Å². The van der Waals surface area contributed by atoms with Crippen LogP contribution in [0.2, 0.25) is 0 Å². The van der Waals surface area contributed by atoms with Crippen molar-refractivity contribution in [2.75, 3.05) is 10.7 Å². The summed E-state index contributed by atoms with van der Waals surface area (Å²) in [6.07, 6.45) is 3.57.